The van der Waals surface area contributed by atoms with Crippen molar-refractivity contribution in [1.29, 1.82) is 0 Å². The molecular weight excluding hydrogens is 383 g/mol. The molecule has 28 heavy (non-hydrogen) atoms. The van der Waals surface area contributed by atoms with Crippen LogP contribution in [0.1, 0.15) is 44.4 Å². The summed E-state index contributed by atoms with van der Waals surface area (Å²) in [7, 11) is 0. The minimum absolute atomic E-state index is 0.139. The fraction of sp³-hybridized carbons (Fsp3) is 0.429. The highest BCUT2D eigenvalue weighted by Gasteiger charge is 2.31. The van der Waals surface area contributed by atoms with E-state index in [9.17, 15) is 9.18 Å². The Morgan fingerprint density at radius 2 is 2.11 bits per heavy atom. The number of nitrogens with zero attached hydrogens (tertiary/aromatic N) is 2. The first-order valence-corrected chi connectivity index (χ1v) is 9.60. The molecule has 150 valence electrons. The number of likely N-dealkylation sites (tertiary alicyclic amines) is 1. The summed E-state index contributed by atoms with van der Waals surface area (Å²) in [6.45, 7) is 6.99. The maximum atomic E-state index is 13.8. The Kier molecular flexibility index (Phi) is 6.08. The predicted molar refractivity (Wildman–Crippen MR) is 105 cm³/mol. The summed E-state index contributed by atoms with van der Waals surface area (Å²) < 4.78 is 24.8. The van der Waals surface area contributed by atoms with Crippen LogP contribution in [0.3, 0.4) is 0 Å². The zero-order valence-corrected chi connectivity index (χ0v) is 17.0. The van der Waals surface area contributed by atoms with Gasteiger partial charge in [-0.1, -0.05) is 11.6 Å². The van der Waals surface area contributed by atoms with Crippen LogP contribution in [0, 0.1) is 5.82 Å². The zero-order valence-electron chi connectivity index (χ0n) is 16.2. The quantitative estimate of drug-likeness (QED) is 0.702. The molecule has 7 heteroatoms. The minimum atomic E-state index is -0.512. The Bertz CT molecular complexity index is 854. The molecular formula is C21H24ClFN2O3. The second-order valence-electron chi connectivity index (χ2n) is 7.86. The maximum absolute atomic E-state index is 13.8. The molecule has 0 spiro atoms. The smallest absolute Gasteiger partial charge is 0.410 e. The lowest BCUT2D eigenvalue weighted by molar-refractivity contribution is 0.0292. The van der Waals surface area contributed by atoms with Crippen LogP contribution in [0.25, 0.3) is 0 Å². The summed E-state index contributed by atoms with van der Waals surface area (Å²) in [4.78, 5) is 18.4. The van der Waals surface area contributed by atoms with Crippen LogP contribution in [-0.2, 0) is 11.3 Å². The monoisotopic (exact) mass is 406 g/mol. The van der Waals surface area contributed by atoms with E-state index in [1.807, 2.05) is 32.9 Å². The highest BCUT2D eigenvalue weighted by molar-refractivity contribution is 6.30. The molecule has 1 atom stereocenters. The molecule has 0 bridgehead atoms. The van der Waals surface area contributed by atoms with Gasteiger partial charge in [-0.3, -0.25) is 4.98 Å². The number of amides is 1. The van der Waals surface area contributed by atoms with Crippen molar-refractivity contribution in [2.45, 2.75) is 45.3 Å². The first-order valence-electron chi connectivity index (χ1n) is 9.22. The van der Waals surface area contributed by atoms with Crippen molar-refractivity contribution < 1.29 is 18.7 Å². The maximum Gasteiger partial charge on any atom is 0.410 e. The lowest BCUT2D eigenvalue weighted by Gasteiger charge is -2.24. The largest absolute Gasteiger partial charge is 0.486 e. The number of carbonyl (C=O) groups excluding carboxylic acids is 1. The van der Waals surface area contributed by atoms with E-state index in [1.54, 1.807) is 17.2 Å². The molecule has 5 nitrogen and oxygen atoms in total. The summed E-state index contributed by atoms with van der Waals surface area (Å²) in [5.74, 6) is -0.204. The van der Waals surface area contributed by atoms with Crippen molar-refractivity contribution in [3.63, 3.8) is 0 Å². The van der Waals surface area contributed by atoms with Crippen LogP contribution in [0.5, 0.6) is 5.75 Å². The molecule has 0 radical (unpaired) electrons. The van der Waals surface area contributed by atoms with E-state index >= 15 is 0 Å². The van der Waals surface area contributed by atoms with Gasteiger partial charge in [-0.15, -0.1) is 0 Å². The number of aromatic nitrogens is 1. The number of pyridine rings is 1. The number of rotatable bonds is 4. The fourth-order valence-corrected chi connectivity index (χ4v) is 3.21. The summed E-state index contributed by atoms with van der Waals surface area (Å²) >= 11 is 5.76. The number of ether oxygens (including phenoxy) is 2. The molecule has 0 aliphatic carbocycles. The van der Waals surface area contributed by atoms with Crippen molar-refractivity contribution >= 4 is 17.7 Å². The highest BCUT2D eigenvalue weighted by Crippen LogP contribution is 2.28. The van der Waals surface area contributed by atoms with Crippen LogP contribution >= 0.6 is 11.6 Å². The number of halogens is 2. The van der Waals surface area contributed by atoms with Gasteiger partial charge < -0.3 is 14.4 Å². The van der Waals surface area contributed by atoms with Gasteiger partial charge in [0.1, 0.15) is 12.2 Å². The van der Waals surface area contributed by atoms with Gasteiger partial charge in [0, 0.05) is 35.9 Å². The zero-order chi connectivity index (χ0) is 20.3. The van der Waals surface area contributed by atoms with Crippen LogP contribution in [-0.4, -0.2) is 34.7 Å². The lowest BCUT2D eigenvalue weighted by atomic mass is 10.0. The standard InChI is InChI=1S/C21H24ClFN2O3/c1-21(2,3)28-20(26)25-9-7-15(12-25)18-10-14(6-8-24-18)13-27-19-5-4-16(22)11-17(19)23/h4-6,8,10-11,15H,7,9,12-13H2,1-3H3/t15-/m0/s1. The molecule has 0 unspecified atom stereocenters. The Labute approximate surface area is 169 Å². The average molecular weight is 407 g/mol. The normalized spacial score (nSPS) is 16.9. The first-order chi connectivity index (χ1) is 13.2. The van der Waals surface area contributed by atoms with E-state index < -0.39 is 11.4 Å². The van der Waals surface area contributed by atoms with E-state index in [0.717, 1.165) is 17.7 Å². The molecule has 3 rings (SSSR count). The van der Waals surface area contributed by atoms with Gasteiger partial charge in [-0.2, -0.15) is 0 Å². The highest BCUT2D eigenvalue weighted by atomic mass is 35.5. The molecule has 1 aliphatic heterocycles. The second-order valence-corrected chi connectivity index (χ2v) is 8.30. The second kappa shape index (κ2) is 8.35. The summed E-state index contributed by atoms with van der Waals surface area (Å²) in [5.41, 5.74) is 1.26. The molecule has 2 aromatic rings. The predicted octanol–water partition coefficient (Wildman–Crippen LogP) is 5.18. The molecule has 1 aliphatic rings. The van der Waals surface area contributed by atoms with Gasteiger partial charge in [-0.05, 0) is 63.1 Å². The van der Waals surface area contributed by atoms with E-state index in [4.69, 9.17) is 21.1 Å². The van der Waals surface area contributed by atoms with Crippen molar-refractivity contribution in [1.82, 2.24) is 9.88 Å². The molecule has 1 amide bonds. The molecule has 2 heterocycles. The van der Waals surface area contributed by atoms with E-state index in [0.29, 0.717) is 18.1 Å². The average Bonchev–Trinajstić information content (AvgIpc) is 3.10. The van der Waals surface area contributed by atoms with Crippen molar-refractivity contribution in [3.05, 3.63) is 58.6 Å². The molecule has 1 fully saturated rings. The Morgan fingerprint density at radius 1 is 1.32 bits per heavy atom. The third-order valence-electron chi connectivity index (χ3n) is 4.39. The summed E-state index contributed by atoms with van der Waals surface area (Å²) in [5, 5.41) is 0.326. The van der Waals surface area contributed by atoms with E-state index in [2.05, 4.69) is 4.98 Å². The number of hydrogen-bond donors (Lipinski definition) is 0. The van der Waals surface area contributed by atoms with Crippen LogP contribution in [0.15, 0.2) is 36.5 Å². The third-order valence-corrected chi connectivity index (χ3v) is 4.63. The van der Waals surface area contributed by atoms with Gasteiger partial charge in [0.15, 0.2) is 11.6 Å². The van der Waals surface area contributed by atoms with Crippen LogP contribution in [0.4, 0.5) is 9.18 Å². The summed E-state index contributed by atoms with van der Waals surface area (Å²) in [6, 6.07) is 8.09. The first kappa shape index (κ1) is 20.4. The molecule has 1 saturated heterocycles. The van der Waals surface area contributed by atoms with Crippen molar-refractivity contribution in [3.8, 4) is 5.75 Å². The molecule has 1 aromatic heterocycles. The number of hydrogen-bond acceptors (Lipinski definition) is 4. The summed E-state index contributed by atoms with van der Waals surface area (Å²) in [6.07, 6.45) is 2.23. The SMILES string of the molecule is CC(C)(C)OC(=O)N1CC[C@H](c2cc(COc3ccc(Cl)cc3F)ccn2)C1. The van der Waals surface area contributed by atoms with Crippen LogP contribution in [0.2, 0.25) is 5.02 Å². The van der Waals surface area contributed by atoms with Gasteiger partial charge in [0.2, 0.25) is 0 Å². The fourth-order valence-electron chi connectivity index (χ4n) is 3.05. The number of carbonyl (C=O) groups is 1. The van der Waals surface area contributed by atoms with Gasteiger partial charge >= 0.3 is 6.09 Å². The Balaban J connectivity index is 1.61. The molecule has 0 saturated carbocycles. The Hall–Kier alpha value is -2.34. The van der Waals surface area contributed by atoms with Gasteiger partial charge in [-0.25, -0.2) is 9.18 Å². The number of benzene rings is 1. The van der Waals surface area contributed by atoms with Crippen molar-refractivity contribution in [2.24, 2.45) is 0 Å². The lowest BCUT2D eigenvalue weighted by Crippen LogP contribution is -2.35. The third kappa shape index (κ3) is 5.35. The van der Waals surface area contributed by atoms with E-state index in [-0.39, 0.29) is 24.4 Å². The van der Waals surface area contributed by atoms with Gasteiger partial charge in [0.25, 0.3) is 0 Å². The van der Waals surface area contributed by atoms with Crippen LogP contribution < -0.4 is 4.74 Å². The minimum Gasteiger partial charge on any atom is -0.486 e. The van der Waals surface area contributed by atoms with E-state index in [1.165, 1.54) is 12.1 Å². The van der Waals surface area contributed by atoms with Gasteiger partial charge in [0.05, 0.1) is 0 Å². The van der Waals surface area contributed by atoms with Crippen molar-refractivity contribution in [2.75, 3.05) is 13.1 Å². The Morgan fingerprint density at radius 3 is 2.82 bits per heavy atom. The molecule has 0 N–H and O–H groups in total. The topological polar surface area (TPSA) is 51.7 Å². The molecule has 1 aromatic carbocycles.